The minimum atomic E-state index is 0.147. The Morgan fingerprint density at radius 3 is 3.17 bits per heavy atom. The maximum absolute atomic E-state index is 5.15. The van der Waals surface area contributed by atoms with Gasteiger partial charge in [0.1, 0.15) is 0 Å². The molecule has 5 nitrogen and oxygen atoms in total. The van der Waals surface area contributed by atoms with Gasteiger partial charge in [-0.05, 0) is 12.2 Å². The number of nitrogens with zero attached hydrogens (tertiary/aromatic N) is 3. The van der Waals surface area contributed by atoms with Gasteiger partial charge in [0.05, 0.1) is 24.4 Å². The Hall–Kier alpha value is -1.43. The third-order valence-electron chi connectivity index (χ3n) is 1.23. The van der Waals surface area contributed by atoms with Gasteiger partial charge in [0.15, 0.2) is 5.11 Å². The van der Waals surface area contributed by atoms with E-state index in [1.165, 1.54) is 0 Å². The normalized spacial score (nSPS) is 10.4. The van der Waals surface area contributed by atoms with Crippen molar-refractivity contribution in [2.45, 2.75) is 0 Å². The predicted molar refractivity (Wildman–Crippen MR) is 50.7 cm³/mol. The molecule has 0 bridgehead atoms. The van der Waals surface area contributed by atoms with Crippen LogP contribution >= 0.6 is 12.2 Å². The standard InChI is InChI=1S/C6H9N5S/c1-11-4-8-2-5(11)3-9-10-6(7)12/h2-4H,1H3,(H3,7,10,12)/b9-3-. The molecule has 1 heterocycles. The SMILES string of the molecule is Cn1cncc1/C=N\NC(N)=S. The third kappa shape index (κ3) is 2.31. The lowest BCUT2D eigenvalue weighted by atomic mass is 10.5. The number of thiocarbonyl (C=S) groups is 1. The molecule has 0 fully saturated rings. The van der Waals surface area contributed by atoms with E-state index in [0.717, 1.165) is 5.69 Å². The maximum Gasteiger partial charge on any atom is 0.184 e. The molecular weight excluding hydrogens is 174 g/mol. The molecule has 0 spiro atoms. The Balaban J connectivity index is 2.57. The van der Waals surface area contributed by atoms with Gasteiger partial charge in [-0.3, -0.25) is 5.43 Å². The predicted octanol–water partition coefficient (Wildman–Crippen LogP) is -0.413. The molecule has 0 amide bonds. The van der Waals surface area contributed by atoms with Crippen molar-refractivity contribution in [2.75, 3.05) is 0 Å². The maximum atomic E-state index is 5.15. The summed E-state index contributed by atoms with van der Waals surface area (Å²) >= 11 is 4.55. The van der Waals surface area contributed by atoms with Crippen molar-refractivity contribution in [2.24, 2.45) is 17.9 Å². The second-order valence-electron chi connectivity index (χ2n) is 2.16. The number of hydrazone groups is 1. The summed E-state index contributed by atoms with van der Waals surface area (Å²) < 4.78 is 1.82. The number of nitrogens with two attached hydrogens (primary N) is 1. The molecule has 3 N–H and O–H groups in total. The molecule has 1 aromatic heterocycles. The zero-order chi connectivity index (χ0) is 8.97. The van der Waals surface area contributed by atoms with Crippen LogP contribution in [0.15, 0.2) is 17.6 Å². The van der Waals surface area contributed by atoms with Gasteiger partial charge in [0, 0.05) is 7.05 Å². The fourth-order valence-electron chi connectivity index (χ4n) is 0.654. The molecule has 64 valence electrons. The highest BCUT2D eigenvalue weighted by atomic mass is 32.1. The minimum absolute atomic E-state index is 0.147. The van der Waals surface area contributed by atoms with Gasteiger partial charge < -0.3 is 10.3 Å². The molecule has 0 atom stereocenters. The largest absolute Gasteiger partial charge is 0.375 e. The molecule has 0 aliphatic heterocycles. The van der Waals surface area contributed by atoms with Crippen LogP contribution in [0.5, 0.6) is 0 Å². The molecule has 0 aliphatic rings. The zero-order valence-corrected chi connectivity index (χ0v) is 7.38. The van der Waals surface area contributed by atoms with Crippen LogP contribution in [-0.2, 0) is 7.05 Å². The quantitative estimate of drug-likeness (QED) is 0.371. The van der Waals surface area contributed by atoms with E-state index in [9.17, 15) is 0 Å². The summed E-state index contributed by atoms with van der Waals surface area (Å²) in [5.74, 6) is 0. The van der Waals surface area contributed by atoms with Crippen LogP contribution in [0, 0.1) is 0 Å². The molecule has 0 aromatic carbocycles. The van der Waals surface area contributed by atoms with Gasteiger partial charge >= 0.3 is 0 Å². The minimum Gasteiger partial charge on any atom is -0.375 e. The highest BCUT2D eigenvalue weighted by Crippen LogP contribution is 1.89. The lowest BCUT2D eigenvalue weighted by Gasteiger charge is -1.94. The van der Waals surface area contributed by atoms with Crippen LogP contribution < -0.4 is 11.2 Å². The van der Waals surface area contributed by atoms with Crippen LogP contribution in [-0.4, -0.2) is 20.9 Å². The van der Waals surface area contributed by atoms with Crippen molar-refractivity contribution in [3.8, 4) is 0 Å². The van der Waals surface area contributed by atoms with Gasteiger partial charge in [-0.15, -0.1) is 0 Å². The number of nitrogens with one attached hydrogen (secondary N) is 1. The number of imidazole rings is 1. The lowest BCUT2D eigenvalue weighted by molar-refractivity contribution is 0.901. The summed E-state index contributed by atoms with van der Waals surface area (Å²) in [5, 5.41) is 3.92. The highest BCUT2D eigenvalue weighted by molar-refractivity contribution is 7.80. The molecule has 6 heteroatoms. The average molecular weight is 183 g/mol. The van der Waals surface area contributed by atoms with Crippen LogP contribution in [0.25, 0.3) is 0 Å². The first-order valence-corrected chi connectivity index (χ1v) is 3.66. The molecule has 12 heavy (non-hydrogen) atoms. The Morgan fingerprint density at radius 2 is 2.67 bits per heavy atom. The van der Waals surface area contributed by atoms with E-state index in [-0.39, 0.29) is 5.11 Å². The molecule has 0 unspecified atom stereocenters. The van der Waals surface area contributed by atoms with Crippen molar-refractivity contribution in [1.29, 1.82) is 0 Å². The second-order valence-corrected chi connectivity index (χ2v) is 2.60. The number of aryl methyl sites for hydroxylation is 1. The van der Waals surface area contributed by atoms with Gasteiger partial charge in [0.2, 0.25) is 0 Å². The van der Waals surface area contributed by atoms with E-state index in [4.69, 9.17) is 5.73 Å². The van der Waals surface area contributed by atoms with E-state index in [1.54, 1.807) is 18.7 Å². The Labute approximate surface area is 75.3 Å². The zero-order valence-electron chi connectivity index (χ0n) is 6.56. The van der Waals surface area contributed by atoms with Crippen molar-refractivity contribution in [3.63, 3.8) is 0 Å². The van der Waals surface area contributed by atoms with E-state index >= 15 is 0 Å². The first kappa shape index (κ1) is 8.66. The highest BCUT2D eigenvalue weighted by Gasteiger charge is 1.91. The van der Waals surface area contributed by atoms with Gasteiger partial charge in [-0.25, -0.2) is 4.98 Å². The summed E-state index contributed by atoms with van der Waals surface area (Å²) in [5.41, 5.74) is 8.48. The van der Waals surface area contributed by atoms with Crippen molar-refractivity contribution >= 4 is 23.5 Å². The number of aromatic nitrogens is 2. The Kier molecular flexibility index (Phi) is 2.76. The van der Waals surface area contributed by atoms with E-state index in [1.807, 2.05) is 11.6 Å². The number of hydrogen-bond donors (Lipinski definition) is 2. The first-order chi connectivity index (χ1) is 5.70. The van der Waals surface area contributed by atoms with Crippen molar-refractivity contribution < 1.29 is 0 Å². The fourth-order valence-corrected chi connectivity index (χ4v) is 0.707. The smallest absolute Gasteiger partial charge is 0.184 e. The van der Waals surface area contributed by atoms with Crippen LogP contribution in [0.2, 0.25) is 0 Å². The Bertz CT molecular complexity index is 303. The van der Waals surface area contributed by atoms with Crippen LogP contribution in [0.3, 0.4) is 0 Å². The first-order valence-electron chi connectivity index (χ1n) is 3.25. The van der Waals surface area contributed by atoms with Crippen LogP contribution in [0.4, 0.5) is 0 Å². The molecule has 0 aliphatic carbocycles. The molecule has 0 saturated carbocycles. The van der Waals surface area contributed by atoms with Crippen molar-refractivity contribution in [3.05, 3.63) is 18.2 Å². The van der Waals surface area contributed by atoms with E-state index in [0.29, 0.717) is 0 Å². The van der Waals surface area contributed by atoms with Crippen LogP contribution in [0.1, 0.15) is 5.69 Å². The van der Waals surface area contributed by atoms with Gasteiger partial charge in [0.25, 0.3) is 0 Å². The molecule has 0 saturated heterocycles. The summed E-state index contributed by atoms with van der Waals surface area (Å²) in [6, 6.07) is 0. The lowest BCUT2D eigenvalue weighted by Crippen LogP contribution is -2.24. The van der Waals surface area contributed by atoms with Crippen molar-refractivity contribution in [1.82, 2.24) is 15.0 Å². The summed E-state index contributed by atoms with van der Waals surface area (Å²) in [6.45, 7) is 0. The van der Waals surface area contributed by atoms with E-state index < -0.39 is 0 Å². The summed E-state index contributed by atoms with van der Waals surface area (Å²) in [6.07, 6.45) is 4.96. The summed E-state index contributed by atoms with van der Waals surface area (Å²) in [4.78, 5) is 3.90. The summed E-state index contributed by atoms with van der Waals surface area (Å²) in [7, 11) is 1.87. The fraction of sp³-hybridized carbons (Fsp3) is 0.167. The molecule has 1 aromatic rings. The monoisotopic (exact) mass is 183 g/mol. The molecule has 1 rings (SSSR count). The number of rotatable bonds is 2. The topological polar surface area (TPSA) is 68.2 Å². The third-order valence-corrected chi connectivity index (χ3v) is 1.32. The molecular formula is C6H9N5S. The number of hydrogen-bond acceptors (Lipinski definition) is 3. The molecule has 0 radical (unpaired) electrons. The second kappa shape index (κ2) is 3.82. The van der Waals surface area contributed by atoms with Gasteiger partial charge in [-0.1, -0.05) is 0 Å². The van der Waals surface area contributed by atoms with Gasteiger partial charge in [-0.2, -0.15) is 5.10 Å². The Morgan fingerprint density at radius 1 is 1.92 bits per heavy atom. The van der Waals surface area contributed by atoms with E-state index in [2.05, 4.69) is 27.7 Å². The average Bonchev–Trinajstić information content (AvgIpc) is 2.36.